The second-order valence-corrected chi connectivity index (χ2v) is 4.74. The molecule has 0 aliphatic heterocycles. The molecule has 7 nitrogen and oxygen atoms in total. The first-order valence-electron chi connectivity index (χ1n) is 6.46. The second kappa shape index (κ2) is 6.57. The number of anilines is 2. The lowest BCUT2D eigenvalue weighted by Crippen LogP contribution is -2.13. The topological polar surface area (TPSA) is 98.6 Å². The van der Waals surface area contributed by atoms with Crippen molar-refractivity contribution in [3.63, 3.8) is 0 Å². The molecule has 3 N–H and O–H groups in total. The molecule has 0 fully saturated rings. The largest absolute Gasteiger partial charge is 0.504 e. The Morgan fingerprint density at radius 3 is 2.45 bits per heavy atom. The van der Waals surface area contributed by atoms with Crippen molar-refractivity contribution < 1.29 is 15.0 Å². The van der Waals surface area contributed by atoms with Gasteiger partial charge in [-0.2, -0.15) is 0 Å². The minimum atomic E-state index is -0.353. The highest BCUT2D eigenvalue weighted by atomic mass is 16.3. The van der Waals surface area contributed by atoms with Crippen LogP contribution in [0.4, 0.5) is 11.6 Å². The Labute approximate surface area is 127 Å². The number of nitrogens with one attached hydrogen (secondary N) is 1. The zero-order valence-corrected chi connectivity index (χ0v) is 12.2. The van der Waals surface area contributed by atoms with E-state index in [0.29, 0.717) is 17.2 Å². The minimum Gasteiger partial charge on any atom is -0.504 e. The standard InChI is InChI=1S/C15H16N4O3/c1-19(2)15-16-8-11(9-17-15)18-14(22)6-4-10-3-5-12(20)13(21)7-10/h3-9,20-21H,1-2H3,(H,18,22). The lowest BCUT2D eigenvalue weighted by atomic mass is 10.2. The molecular formula is C15H16N4O3. The van der Waals surface area contributed by atoms with Crippen LogP contribution in [0.5, 0.6) is 11.5 Å². The number of hydrogen-bond acceptors (Lipinski definition) is 6. The molecule has 1 amide bonds. The number of phenols is 2. The first-order valence-corrected chi connectivity index (χ1v) is 6.46. The molecule has 0 radical (unpaired) electrons. The molecule has 1 heterocycles. The number of carbonyl (C=O) groups is 1. The average molecular weight is 300 g/mol. The number of hydrogen-bond donors (Lipinski definition) is 3. The molecule has 7 heteroatoms. The van der Waals surface area contributed by atoms with Crippen LogP contribution in [0, 0.1) is 0 Å². The fourth-order valence-electron chi connectivity index (χ4n) is 1.62. The molecule has 22 heavy (non-hydrogen) atoms. The maximum absolute atomic E-state index is 11.8. The molecule has 2 aromatic rings. The number of aromatic hydroxyl groups is 2. The zero-order valence-electron chi connectivity index (χ0n) is 12.2. The van der Waals surface area contributed by atoms with E-state index in [9.17, 15) is 15.0 Å². The number of benzene rings is 1. The SMILES string of the molecule is CN(C)c1ncc(NC(=O)C=Cc2ccc(O)c(O)c2)cn1. The van der Waals surface area contributed by atoms with Crippen LogP contribution < -0.4 is 10.2 Å². The van der Waals surface area contributed by atoms with Gasteiger partial charge in [-0.25, -0.2) is 9.97 Å². The number of carbonyl (C=O) groups excluding carboxylic acids is 1. The quantitative estimate of drug-likeness (QED) is 0.586. The van der Waals surface area contributed by atoms with E-state index >= 15 is 0 Å². The summed E-state index contributed by atoms with van der Waals surface area (Å²) in [4.78, 5) is 21.7. The van der Waals surface area contributed by atoms with Crippen molar-refractivity contribution >= 4 is 23.6 Å². The highest BCUT2D eigenvalue weighted by Gasteiger charge is 2.02. The molecule has 0 aliphatic rings. The van der Waals surface area contributed by atoms with Crippen molar-refractivity contribution in [2.24, 2.45) is 0 Å². The van der Waals surface area contributed by atoms with Gasteiger partial charge in [0, 0.05) is 20.2 Å². The van der Waals surface area contributed by atoms with Crippen molar-refractivity contribution in [1.29, 1.82) is 0 Å². The summed E-state index contributed by atoms with van der Waals surface area (Å²) in [5, 5.41) is 21.2. The Kier molecular flexibility index (Phi) is 4.57. The summed E-state index contributed by atoms with van der Waals surface area (Å²) in [6, 6.07) is 4.28. The monoisotopic (exact) mass is 300 g/mol. The van der Waals surface area contributed by atoms with Gasteiger partial charge in [-0.05, 0) is 23.8 Å². The van der Waals surface area contributed by atoms with Gasteiger partial charge in [0.25, 0.3) is 0 Å². The molecule has 2 rings (SSSR count). The maximum atomic E-state index is 11.8. The summed E-state index contributed by atoms with van der Waals surface area (Å²) >= 11 is 0. The Balaban J connectivity index is 2.00. The fourth-order valence-corrected chi connectivity index (χ4v) is 1.62. The van der Waals surface area contributed by atoms with E-state index in [1.807, 2.05) is 14.1 Å². The van der Waals surface area contributed by atoms with Crippen LogP contribution in [0.15, 0.2) is 36.7 Å². The van der Waals surface area contributed by atoms with E-state index in [1.54, 1.807) is 11.0 Å². The van der Waals surface area contributed by atoms with Crippen molar-refractivity contribution in [1.82, 2.24) is 9.97 Å². The molecule has 0 spiro atoms. The molecule has 0 bridgehead atoms. The van der Waals surface area contributed by atoms with Crippen LogP contribution in [-0.2, 0) is 4.79 Å². The van der Waals surface area contributed by atoms with Gasteiger partial charge in [0.2, 0.25) is 11.9 Å². The molecule has 0 aliphatic carbocycles. The molecule has 0 saturated heterocycles. The van der Waals surface area contributed by atoms with Gasteiger partial charge in [0.15, 0.2) is 11.5 Å². The van der Waals surface area contributed by atoms with Crippen LogP contribution in [0.1, 0.15) is 5.56 Å². The summed E-state index contributed by atoms with van der Waals surface area (Å²) in [6.07, 6.45) is 5.86. The summed E-state index contributed by atoms with van der Waals surface area (Å²) in [7, 11) is 3.65. The van der Waals surface area contributed by atoms with Crippen molar-refractivity contribution in [2.75, 3.05) is 24.3 Å². The normalized spacial score (nSPS) is 10.6. The number of phenolic OH excluding ortho intramolecular Hbond substituents is 2. The minimum absolute atomic E-state index is 0.209. The second-order valence-electron chi connectivity index (χ2n) is 4.74. The maximum Gasteiger partial charge on any atom is 0.248 e. The van der Waals surface area contributed by atoms with E-state index in [2.05, 4.69) is 15.3 Å². The van der Waals surface area contributed by atoms with Crippen LogP contribution in [0.25, 0.3) is 6.08 Å². The number of amides is 1. The van der Waals surface area contributed by atoms with E-state index in [-0.39, 0.29) is 17.4 Å². The van der Waals surface area contributed by atoms with Crippen LogP contribution in [-0.4, -0.2) is 40.2 Å². The average Bonchev–Trinajstić information content (AvgIpc) is 2.49. The third-order valence-corrected chi connectivity index (χ3v) is 2.73. The molecule has 1 aromatic carbocycles. The predicted molar refractivity (Wildman–Crippen MR) is 83.8 cm³/mol. The van der Waals surface area contributed by atoms with Gasteiger partial charge in [-0.3, -0.25) is 4.79 Å². The van der Waals surface area contributed by atoms with Crippen LogP contribution >= 0.6 is 0 Å². The number of aromatic nitrogens is 2. The van der Waals surface area contributed by atoms with E-state index in [1.165, 1.54) is 36.7 Å². The van der Waals surface area contributed by atoms with Gasteiger partial charge < -0.3 is 20.4 Å². The van der Waals surface area contributed by atoms with Crippen LogP contribution in [0.3, 0.4) is 0 Å². The van der Waals surface area contributed by atoms with Crippen molar-refractivity contribution in [3.05, 3.63) is 42.2 Å². The highest BCUT2D eigenvalue weighted by molar-refractivity contribution is 6.01. The summed E-state index contributed by atoms with van der Waals surface area (Å²) in [5.41, 5.74) is 1.07. The van der Waals surface area contributed by atoms with Gasteiger partial charge in [0.1, 0.15) is 0 Å². The molecule has 114 valence electrons. The van der Waals surface area contributed by atoms with Gasteiger partial charge in [-0.1, -0.05) is 6.07 Å². The zero-order chi connectivity index (χ0) is 16.1. The third kappa shape index (κ3) is 3.95. The Morgan fingerprint density at radius 1 is 1.18 bits per heavy atom. The first kappa shape index (κ1) is 15.3. The lowest BCUT2D eigenvalue weighted by molar-refractivity contribution is -0.111. The summed E-state index contributed by atoms with van der Waals surface area (Å²) < 4.78 is 0. The summed E-state index contributed by atoms with van der Waals surface area (Å²) in [6.45, 7) is 0. The number of rotatable bonds is 4. The van der Waals surface area contributed by atoms with Gasteiger partial charge in [0.05, 0.1) is 18.1 Å². The van der Waals surface area contributed by atoms with Crippen molar-refractivity contribution in [2.45, 2.75) is 0 Å². The Morgan fingerprint density at radius 2 is 1.86 bits per heavy atom. The smallest absolute Gasteiger partial charge is 0.248 e. The molecule has 0 unspecified atom stereocenters. The highest BCUT2D eigenvalue weighted by Crippen LogP contribution is 2.25. The van der Waals surface area contributed by atoms with E-state index < -0.39 is 0 Å². The summed E-state index contributed by atoms with van der Waals surface area (Å²) in [5.74, 6) is -0.253. The lowest BCUT2D eigenvalue weighted by Gasteiger charge is -2.09. The van der Waals surface area contributed by atoms with Crippen molar-refractivity contribution in [3.8, 4) is 11.5 Å². The fraction of sp³-hybridized carbons (Fsp3) is 0.133. The van der Waals surface area contributed by atoms with E-state index in [4.69, 9.17) is 0 Å². The Bertz CT molecular complexity index is 696. The molecule has 0 saturated carbocycles. The molecule has 0 atom stereocenters. The van der Waals surface area contributed by atoms with Gasteiger partial charge >= 0.3 is 0 Å². The van der Waals surface area contributed by atoms with Gasteiger partial charge in [-0.15, -0.1) is 0 Å². The predicted octanol–water partition coefficient (Wildman–Crippen LogP) is 1.61. The Hall–Kier alpha value is -3.09. The number of nitrogens with zero attached hydrogens (tertiary/aromatic N) is 3. The van der Waals surface area contributed by atoms with Crippen LogP contribution in [0.2, 0.25) is 0 Å². The first-order chi connectivity index (χ1) is 10.5. The molecule has 1 aromatic heterocycles. The molecular weight excluding hydrogens is 284 g/mol. The third-order valence-electron chi connectivity index (χ3n) is 2.73. The van der Waals surface area contributed by atoms with E-state index in [0.717, 1.165) is 0 Å².